The largest absolute Gasteiger partial charge is 0.497 e. The Morgan fingerprint density at radius 2 is 2.22 bits per heavy atom. The van der Waals surface area contributed by atoms with Crippen LogP contribution in [0.2, 0.25) is 0 Å². The maximum Gasteiger partial charge on any atom is 0.408 e. The molecule has 1 fully saturated rings. The van der Waals surface area contributed by atoms with Crippen LogP contribution in [0, 0.1) is 5.82 Å². The summed E-state index contributed by atoms with van der Waals surface area (Å²) in [6, 6.07) is 1.66. The van der Waals surface area contributed by atoms with E-state index in [1.165, 1.54) is 13.2 Å². The van der Waals surface area contributed by atoms with Crippen molar-refractivity contribution in [2.24, 2.45) is 0 Å². The van der Waals surface area contributed by atoms with Gasteiger partial charge in [0.25, 0.3) is 0 Å². The van der Waals surface area contributed by atoms with Crippen molar-refractivity contribution >= 4 is 6.09 Å². The zero-order chi connectivity index (χ0) is 13.3. The van der Waals surface area contributed by atoms with Gasteiger partial charge < -0.3 is 14.8 Å². The molecule has 0 aliphatic carbocycles. The van der Waals surface area contributed by atoms with E-state index in [4.69, 9.17) is 4.74 Å². The lowest BCUT2D eigenvalue weighted by atomic mass is 9.99. The Balaban J connectivity index is 2.42. The number of hydrogen-bond donors (Lipinski definition) is 1. The smallest absolute Gasteiger partial charge is 0.408 e. The van der Waals surface area contributed by atoms with Crippen LogP contribution in [-0.2, 0) is 4.74 Å². The summed E-state index contributed by atoms with van der Waals surface area (Å²) in [7, 11) is 1.33. The summed E-state index contributed by atoms with van der Waals surface area (Å²) in [4.78, 5) is 11.0. The van der Waals surface area contributed by atoms with Gasteiger partial charge in [-0.15, -0.1) is 0 Å². The third-order valence-corrected chi connectivity index (χ3v) is 2.59. The van der Waals surface area contributed by atoms with E-state index in [1.54, 1.807) is 0 Å². The molecule has 1 heterocycles. The average molecular weight is 261 g/mol. The highest BCUT2D eigenvalue weighted by Gasteiger charge is 2.47. The van der Waals surface area contributed by atoms with Crippen LogP contribution in [0.5, 0.6) is 5.75 Å². The maximum atomic E-state index is 13.6. The number of carbonyl (C=O) groups is 1. The number of methoxy groups -OCH3 is 1. The van der Waals surface area contributed by atoms with E-state index < -0.39 is 30.5 Å². The van der Waals surface area contributed by atoms with E-state index in [1.807, 2.05) is 5.32 Å². The molecular formula is C11H10F3NO3. The van der Waals surface area contributed by atoms with Gasteiger partial charge in [-0.2, -0.15) is 0 Å². The molecule has 18 heavy (non-hydrogen) atoms. The fraction of sp³-hybridized carbons (Fsp3) is 0.364. The molecule has 0 aromatic heterocycles. The zero-order valence-electron chi connectivity index (χ0n) is 9.38. The molecule has 0 radical (unpaired) electrons. The highest BCUT2D eigenvalue weighted by molar-refractivity contribution is 5.69. The van der Waals surface area contributed by atoms with Gasteiger partial charge in [0.1, 0.15) is 17.6 Å². The van der Waals surface area contributed by atoms with Gasteiger partial charge in [0.05, 0.1) is 7.11 Å². The standard InChI is InChI=1S/C11H10F3NO3/c1-17-6-2-3-8(12)7(4-6)9-11(13,14)5-18-10(16)15-9/h2-4,9H,5H2,1H3,(H,15,16)/t9-/m1/s1. The number of alkyl carbamates (subject to hydrolysis) is 1. The van der Waals surface area contributed by atoms with Crippen molar-refractivity contribution in [3.8, 4) is 5.75 Å². The Bertz CT molecular complexity index is 479. The van der Waals surface area contributed by atoms with Crippen LogP contribution in [-0.4, -0.2) is 25.7 Å². The van der Waals surface area contributed by atoms with Crippen molar-refractivity contribution in [2.45, 2.75) is 12.0 Å². The SMILES string of the molecule is COc1ccc(F)c([C@H]2NC(=O)OCC2(F)F)c1. The Kier molecular flexibility index (Phi) is 3.06. The number of amides is 1. The molecule has 1 aromatic rings. The van der Waals surface area contributed by atoms with Gasteiger partial charge >= 0.3 is 12.0 Å². The van der Waals surface area contributed by atoms with Crippen LogP contribution in [0.1, 0.15) is 11.6 Å². The van der Waals surface area contributed by atoms with Crippen molar-refractivity contribution < 1.29 is 27.4 Å². The summed E-state index contributed by atoms with van der Waals surface area (Å²) in [5.41, 5.74) is -0.337. The highest BCUT2D eigenvalue weighted by atomic mass is 19.3. The van der Waals surface area contributed by atoms with Crippen molar-refractivity contribution in [2.75, 3.05) is 13.7 Å². The number of cyclic esters (lactones) is 1. The molecule has 1 amide bonds. The van der Waals surface area contributed by atoms with E-state index in [-0.39, 0.29) is 11.3 Å². The molecule has 0 spiro atoms. The van der Waals surface area contributed by atoms with Gasteiger partial charge in [0.15, 0.2) is 6.61 Å². The van der Waals surface area contributed by atoms with Crippen molar-refractivity contribution in [3.63, 3.8) is 0 Å². The Morgan fingerprint density at radius 3 is 2.89 bits per heavy atom. The fourth-order valence-electron chi connectivity index (χ4n) is 1.69. The molecule has 0 unspecified atom stereocenters. The number of ether oxygens (including phenoxy) is 2. The Morgan fingerprint density at radius 1 is 1.50 bits per heavy atom. The van der Waals surface area contributed by atoms with Crippen LogP contribution < -0.4 is 10.1 Å². The van der Waals surface area contributed by atoms with Crippen molar-refractivity contribution in [3.05, 3.63) is 29.6 Å². The van der Waals surface area contributed by atoms with Gasteiger partial charge in [-0.05, 0) is 18.2 Å². The molecule has 1 saturated heterocycles. The molecule has 0 saturated carbocycles. The van der Waals surface area contributed by atoms with Gasteiger partial charge in [0.2, 0.25) is 0 Å². The molecule has 7 heteroatoms. The number of carbonyl (C=O) groups excluding carboxylic acids is 1. The summed E-state index contributed by atoms with van der Waals surface area (Å²) in [6.45, 7) is -1.08. The molecule has 1 aliphatic rings. The van der Waals surface area contributed by atoms with E-state index in [0.29, 0.717) is 0 Å². The number of benzene rings is 1. The number of hydrogen-bond acceptors (Lipinski definition) is 3. The van der Waals surface area contributed by atoms with Crippen LogP contribution in [0.3, 0.4) is 0 Å². The van der Waals surface area contributed by atoms with E-state index in [9.17, 15) is 18.0 Å². The second-order valence-electron chi connectivity index (χ2n) is 3.80. The van der Waals surface area contributed by atoms with Gasteiger partial charge in [-0.3, -0.25) is 0 Å². The second-order valence-corrected chi connectivity index (χ2v) is 3.80. The minimum atomic E-state index is -3.39. The molecule has 98 valence electrons. The first-order valence-electron chi connectivity index (χ1n) is 5.08. The molecular weight excluding hydrogens is 251 g/mol. The topological polar surface area (TPSA) is 47.6 Å². The quantitative estimate of drug-likeness (QED) is 0.888. The Labute approximate surface area is 101 Å². The normalized spacial score (nSPS) is 22.0. The Hall–Kier alpha value is -1.92. The summed E-state index contributed by atoms with van der Waals surface area (Å²) in [5, 5.41) is 1.91. The minimum Gasteiger partial charge on any atom is -0.497 e. The molecule has 2 rings (SSSR count). The molecule has 1 aromatic carbocycles. The van der Waals surface area contributed by atoms with Gasteiger partial charge in [-0.1, -0.05) is 0 Å². The van der Waals surface area contributed by atoms with Crippen LogP contribution >= 0.6 is 0 Å². The molecule has 1 atom stereocenters. The highest BCUT2D eigenvalue weighted by Crippen LogP contribution is 2.36. The second kappa shape index (κ2) is 4.40. The number of alkyl halides is 2. The predicted octanol–water partition coefficient (Wildman–Crippen LogP) is 2.25. The van der Waals surface area contributed by atoms with Crippen LogP contribution in [0.4, 0.5) is 18.0 Å². The lowest BCUT2D eigenvalue weighted by Crippen LogP contribution is -2.49. The van der Waals surface area contributed by atoms with Gasteiger partial charge in [0, 0.05) is 5.56 Å². The fourth-order valence-corrected chi connectivity index (χ4v) is 1.69. The van der Waals surface area contributed by atoms with Crippen molar-refractivity contribution in [1.82, 2.24) is 5.32 Å². The lowest BCUT2D eigenvalue weighted by Gasteiger charge is -2.32. The summed E-state index contributed by atoms with van der Waals surface area (Å²) >= 11 is 0. The van der Waals surface area contributed by atoms with Crippen LogP contribution in [0.25, 0.3) is 0 Å². The first kappa shape index (κ1) is 12.5. The molecule has 1 aliphatic heterocycles. The lowest BCUT2D eigenvalue weighted by molar-refractivity contribution is -0.105. The molecule has 0 bridgehead atoms. The predicted molar refractivity (Wildman–Crippen MR) is 55.1 cm³/mol. The van der Waals surface area contributed by atoms with Crippen LogP contribution in [0.15, 0.2) is 18.2 Å². The maximum absolute atomic E-state index is 13.6. The summed E-state index contributed by atoms with van der Waals surface area (Å²) < 4.78 is 49.8. The number of rotatable bonds is 2. The number of halogens is 3. The van der Waals surface area contributed by atoms with Gasteiger partial charge in [-0.25, -0.2) is 18.0 Å². The minimum absolute atomic E-state index is 0.225. The first-order chi connectivity index (χ1) is 8.44. The third-order valence-electron chi connectivity index (χ3n) is 2.59. The van der Waals surface area contributed by atoms with E-state index in [2.05, 4.69) is 4.74 Å². The molecule has 4 nitrogen and oxygen atoms in total. The van der Waals surface area contributed by atoms with E-state index in [0.717, 1.165) is 12.1 Å². The van der Waals surface area contributed by atoms with E-state index >= 15 is 0 Å². The number of nitrogens with one attached hydrogen (secondary N) is 1. The zero-order valence-corrected chi connectivity index (χ0v) is 9.38. The summed E-state index contributed by atoms with van der Waals surface area (Å²) in [5.74, 6) is -4.01. The summed E-state index contributed by atoms with van der Waals surface area (Å²) in [6.07, 6.45) is -1.01. The first-order valence-corrected chi connectivity index (χ1v) is 5.08. The molecule has 1 N–H and O–H groups in total. The monoisotopic (exact) mass is 261 g/mol. The van der Waals surface area contributed by atoms with Crippen molar-refractivity contribution in [1.29, 1.82) is 0 Å². The average Bonchev–Trinajstić information content (AvgIpc) is 2.33. The third kappa shape index (κ3) is 2.20.